The lowest BCUT2D eigenvalue weighted by atomic mass is 9.99. The van der Waals surface area contributed by atoms with Crippen molar-refractivity contribution in [2.24, 2.45) is 5.73 Å². The van der Waals surface area contributed by atoms with Crippen molar-refractivity contribution < 1.29 is 4.74 Å². The van der Waals surface area contributed by atoms with E-state index in [4.69, 9.17) is 10.5 Å². The van der Waals surface area contributed by atoms with Crippen molar-refractivity contribution >= 4 is 0 Å². The van der Waals surface area contributed by atoms with E-state index in [0.29, 0.717) is 0 Å². The van der Waals surface area contributed by atoms with E-state index < -0.39 is 0 Å². The van der Waals surface area contributed by atoms with Gasteiger partial charge in [0.25, 0.3) is 0 Å². The maximum Gasteiger partial charge on any atom is 0.0697 e. The number of hydrogen-bond donors (Lipinski definition) is 1. The number of methoxy groups -OCH3 is 1. The number of benzene rings is 1. The predicted octanol–water partition coefficient (Wildman–Crippen LogP) is 2.08. The van der Waals surface area contributed by atoms with Gasteiger partial charge in [-0.2, -0.15) is 0 Å². The summed E-state index contributed by atoms with van der Waals surface area (Å²) in [4.78, 5) is 0. The average molecular weight is 219 g/mol. The van der Waals surface area contributed by atoms with Crippen LogP contribution in [0.1, 0.15) is 30.0 Å². The van der Waals surface area contributed by atoms with Crippen LogP contribution in [0, 0.1) is 0 Å². The summed E-state index contributed by atoms with van der Waals surface area (Å²) in [6.45, 7) is 2.03. The van der Waals surface area contributed by atoms with E-state index in [1.807, 2.05) is 6.92 Å². The van der Waals surface area contributed by atoms with Crippen molar-refractivity contribution in [3.63, 3.8) is 0 Å². The van der Waals surface area contributed by atoms with E-state index in [2.05, 4.69) is 18.2 Å². The zero-order valence-corrected chi connectivity index (χ0v) is 10.2. The van der Waals surface area contributed by atoms with E-state index in [9.17, 15) is 0 Å². The third-order valence-electron chi connectivity index (χ3n) is 3.61. The molecule has 2 atom stereocenters. The fourth-order valence-corrected chi connectivity index (χ4v) is 2.37. The Hall–Kier alpha value is -0.860. The third-order valence-corrected chi connectivity index (χ3v) is 3.61. The second kappa shape index (κ2) is 4.98. The van der Waals surface area contributed by atoms with Crippen molar-refractivity contribution in [2.75, 3.05) is 7.11 Å². The molecule has 0 aromatic heterocycles. The summed E-state index contributed by atoms with van der Waals surface area (Å²) in [5.74, 6) is 0. The maximum absolute atomic E-state index is 6.08. The molecule has 16 heavy (non-hydrogen) atoms. The molecule has 1 aliphatic carbocycles. The zero-order chi connectivity index (χ0) is 11.5. The van der Waals surface area contributed by atoms with Gasteiger partial charge in [0, 0.05) is 13.2 Å². The lowest BCUT2D eigenvalue weighted by Gasteiger charge is -2.18. The first-order valence-electron chi connectivity index (χ1n) is 6.09. The summed E-state index contributed by atoms with van der Waals surface area (Å²) < 4.78 is 5.25. The van der Waals surface area contributed by atoms with Gasteiger partial charge < -0.3 is 10.5 Å². The molecule has 0 saturated heterocycles. The predicted molar refractivity (Wildman–Crippen MR) is 66.6 cm³/mol. The van der Waals surface area contributed by atoms with Crippen LogP contribution in [-0.2, 0) is 24.0 Å². The SMILES string of the molecule is COC(C)C(N)Cc1ccc2c(c1)CCC2. The van der Waals surface area contributed by atoms with Crippen LogP contribution in [0.2, 0.25) is 0 Å². The second-order valence-corrected chi connectivity index (χ2v) is 4.77. The van der Waals surface area contributed by atoms with Gasteiger partial charge in [-0.3, -0.25) is 0 Å². The summed E-state index contributed by atoms with van der Waals surface area (Å²) in [6.07, 6.45) is 4.81. The molecule has 1 aromatic rings. The summed E-state index contributed by atoms with van der Waals surface area (Å²) >= 11 is 0. The maximum atomic E-state index is 6.08. The van der Waals surface area contributed by atoms with E-state index in [1.165, 1.54) is 36.0 Å². The van der Waals surface area contributed by atoms with Crippen LogP contribution in [0.4, 0.5) is 0 Å². The van der Waals surface area contributed by atoms with Crippen LogP contribution in [0.5, 0.6) is 0 Å². The topological polar surface area (TPSA) is 35.2 Å². The highest BCUT2D eigenvalue weighted by atomic mass is 16.5. The molecule has 1 aromatic carbocycles. The number of nitrogens with two attached hydrogens (primary N) is 1. The van der Waals surface area contributed by atoms with Crippen molar-refractivity contribution in [2.45, 2.75) is 44.8 Å². The molecule has 0 radical (unpaired) electrons. The largest absolute Gasteiger partial charge is 0.380 e. The van der Waals surface area contributed by atoms with Crippen LogP contribution in [0.15, 0.2) is 18.2 Å². The highest BCUT2D eigenvalue weighted by Crippen LogP contribution is 2.23. The monoisotopic (exact) mass is 219 g/mol. The zero-order valence-electron chi connectivity index (χ0n) is 10.2. The van der Waals surface area contributed by atoms with E-state index in [0.717, 1.165) is 6.42 Å². The Morgan fingerprint density at radius 1 is 1.31 bits per heavy atom. The van der Waals surface area contributed by atoms with Crippen LogP contribution in [0.3, 0.4) is 0 Å². The normalized spacial score (nSPS) is 18.2. The molecule has 0 fully saturated rings. The van der Waals surface area contributed by atoms with E-state index >= 15 is 0 Å². The first-order chi connectivity index (χ1) is 7.70. The number of rotatable bonds is 4. The van der Waals surface area contributed by atoms with Crippen molar-refractivity contribution in [3.05, 3.63) is 34.9 Å². The van der Waals surface area contributed by atoms with Gasteiger partial charge in [-0.05, 0) is 49.3 Å². The highest BCUT2D eigenvalue weighted by Gasteiger charge is 2.15. The molecule has 0 saturated carbocycles. The minimum absolute atomic E-state index is 0.0875. The van der Waals surface area contributed by atoms with Crippen LogP contribution in [-0.4, -0.2) is 19.3 Å². The summed E-state index contributed by atoms with van der Waals surface area (Å²) in [6, 6.07) is 6.89. The van der Waals surface area contributed by atoms with Crippen LogP contribution < -0.4 is 5.73 Å². The van der Waals surface area contributed by atoms with Gasteiger partial charge >= 0.3 is 0 Å². The van der Waals surface area contributed by atoms with E-state index in [1.54, 1.807) is 7.11 Å². The fourth-order valence-electron chi connectivity index (χ4n) is 2.37. The average Bonchev–Trinajstić information content (AvgIpc) is 2.75. The number of hydrogen-bond acceptors (Lipinski definition) is 2. The number of fused-ring (bicyclic) bond motifs is 1. The summed E-state index contributed by atoms with van der Waals surface area (Å²) in [7, 11) is 1.72. The Balaban J connectivity index is 2.05. The van der Waals surface area contributed by atoms with Crippen LogP contribution >= 0.6 is 0 Å². The summed E-state index contributed by atoms with van der Waals surface area (Å²) in [5.41, 5.74) is 10.5. The minimum Gasteiger partial charge on any atom is -0.380 e. The molecule has 2 heteroatoms. The van der Waals surface area contributed by atoms with Gasteiger partial charge in [0.05, 0.1) is 6.10 Å². The molecule has 2 nitrogen and oxygen atoms in total. The first-order valence-corrected chi connectivity index (χ1v) is 6.09. The van der Waals surface area contributed by atoms with E-state index in [-0.39, 0.29) is 12.1 Å². The molecule has 0 heterocycles. The fraction of sp³-hybridized carbons (Fsp3) is 0.571. The van der Waals surface area contributed by atoms with Crippen molar-refractivity contribution in [1.29, 1.82) is 0 Å². The quantitative estimate of drug-likeness (QED) is 0.841. The first kappa shape index (κ1) is 11.6. The summed E-state index contributed by atoms with van der Waals surface area (Å²) in [5, 5.41) is 0. The Morgan fingerprint density at radius 2 is 2.06 bits per heavy atom. The van der Waals surface area contributed by atoms with Gasteiger partial charge in [-0.1, -0.05) is 18.2 Å². The number of ether oxygens (including phenoxy) is 1. The minimum atomic E-state index is 0.0875. The smallest absolute Gasteiger partial charge is 0.0697 e. The van der Waals surface area contributed by atoms with Gasteiger partial charge in [0.2, 0.25) is 0 Å². The number of aryl methyl sites for hydroxylation is 2. The Kier molecular flexibility index (Phi) is 3.62. The highest BCUT2D eigenvalue weighted by molar-refractivity contribution is 5.35. The van der Waals surface area contributed by atoms with Crippen molar-refractivity contribution in [1.82, 2.24) is 0 Å². The molecule has 0 aliphatic heterocycles. The molecule has 0 amide bonds. The van der Waals surface area contributed by atoms with Gasteiger partial charge in [-0.15, -0.1) is 0 Å². The molecule has 2 rings (SSSR count). The molecular formula is C14H21NO. The molecule has 88 valence electrons. The molecule has 2 N–H and O–H groups in total. The lowest BCUT2D eigenvalue weighted by molar-refractivity contribution is 0.0956. The molecule has 0 spiro atoms. The molecule has 1 aliphatic rings. The Labute approximate surface area is 97.8 Å². The van der Waals surface area contributed by atoms with Crippen molar-refractivity contribution in [3.8, 4) is 0 Å². The Morgan fingerprint density at radius 3 is 2.81 bits per heavy atom. The van der Waals surface area contributed by atoms with Gasteiger partial charge in [0.1, 0.15) is 0 Å². The molecular weight excluding hydrogens is 198 g/mol. The van der Waals surface area contributed by atoms with Crippen LogP contribution in [0.25, 0.3) is 0 Å². The standard InChI is InChI=1S/C14H21NO/c1-10(16-2)14(15)9-11-6-7-12-4-3-5-13(12)8-11/h6-8,10,14H,3-5,9,15H2,1-2H3. The Bertz CT molecular complexity index is 362. The second-order valence-electron chi connectivity index (χ2n) is 4.77. The molecule has 2 unspecified atom stereocenters. The van der Waals surface area contributed by atoms with Gasteiger partial charge in [-0.25, -0.2) is 0 Å². The lowest BCUT2D eigenvalue weighted by Crippen LogP contribution is -2.35. The molecule has 0 bridgehead atoms. The third kappa shape index (κ3) is 2.45. The van der Waals surface area contributed by atoms with Gasteiger partial charge in [0.15, 0.2) is 0 Å².